The van der Waals surface area contributed by atoms with Gasteiger partial charge >= 0.3 is 0 Å². The molecule has 0 unspecified atom stereocenters. The first kappa shape index (κ1) is 20.3. The van der Waals surface area contributed by atoms with Crippen molar-refractivity contribution in [3.05, 3.63) is 28.8 Å². The summed E-state index contributed by atoms with van der Waals surface area (Å²) < 4.78 is 0. The zero-order valence-corrected chi connectivity index (χ0v) is 17.6. The number of benzene rings is 1. The predicted octanol–water partition coefficient (Wildman–Crippen LogP) is 6.22. The maximum absolute atomic E-state index is 11.0. The van der Waals surface area contributed by atoms with E-state index >= 15 is 0 Å². The number of hydrogen-bond donors (Lipinski definition) is 1. The predicted molar refractivity (Wildman–Crippen MR) is 108 cm³/mol. The molecule has 0 spiro atoms. The quantitative estimate of drug-likeness (QED) is 0.685. The van der Waals surface area contributed by atoms with Crippen molar-refractivity contribution in [1.82, 2.24) is 4.90 Å². The lowest BCUT2D eigenvalue weighted by Crippen LogP contribution is -2.25. The molecule has 0 aromatic heterocycles. The second-order valence-corrected chi connectivity index (χ2v) is 10.3. The number of phenolic OH excluding ortho intramolecular Hbond substituents is 1. The molecule has 2 rings (SSSR count). The van der Waals surface area contributed by atoms with Crippen LogP contribution in [0.4, 0.5) is 0 Å². The minimum Gasteiger partial charge on any atom is -0.507 e. The minimum absolute atomic E-state index is 0.108. The fraction of sp³-hybridized carbons (Fsp3) is 0.739. The van der Waals surface area contributed by atoms with Crippen LogP contribution in [0.1, 0.15) is 95.8 Å². The average Bonchev–Trinajstić information content (AvgIpc) is 2.47. The van der Waals surface area contributed by atoms with Gasteiger partial charge in [-0.05, 0) is 61.2 Å². The van der Waals surface area contributed by atoms with Gasteiger partial charge in [0.2, 0.25) is 0 Å². The van der Waals surface area contributed by atoms with Gasteiger partial charge in [-0.25, -0.2) is 0 Å². The Morgan fingerprint density at radius 1 is 1.00 bits per heavy atom. The maximum Gasteiger partial charge on any atom is 0.123 e. The molecule has 0 bridgehead atoms. The molecule has 1 aromatic carbocycles. The van der Waals surface area contributed by atoms with E-state index in [0.717, 1.165) is 18.5 Å². The second-order valence-electron chi connectivity index (χ2n) is 10.3. The van der Waals surface area contributed by atoms with Crippen molar-refractivity contribution in [2.45, 2.75) is 91.0 Å². The Hall–Kier alpha value is -1.02. The normalized spacial score (nSPS) is 17.3. The molecule has 1 aliphatic carbocycles. The van der Waals surface area contributed by atoms with Crippen LogP contribution in [0.3, 0.4) is 0 Å². The lowest BCUT2D eigenvalue weighted by atomic mass is 9.71. The van der Waals surface area contributed by atoms with Crippen LogP contribution >= 0.6 is 0 Å². The van der Waals surface area contributed by atoms with Crippen LogP contribution in [-0.4, -0.2) is 24.1 Å². The van der Waals surface area contributed by atoms with Gasteiger partial charge < -0.3 is 10.0 Å². The molecule has 0 atom stereocenters. The van der Waals surface area contributed by atoms with Gasteiger partial charge in [-0.2, -0.15) is 0 Å². The number of phenols is 1. The second kappa shape index (κ2) is 7.70. The Kier molecular flexibility index (Phi) is 6.25. The molecule has 1 aromatic rings. The zero-order chi connectivity index (χ0) is 18.8. The highest BCUT2D eigenvalue weighted by molar-refractivity contribution is 5.47. The lowest BCUT2D eigenvalue weighted by Gasteiger charge is -2.35. The van der Waals surface area contributed by atoms with Gasteiger partial charge in [0.05, 0.1) is 0 Å². The molecule has 0 heterocycles. The smallest absolute Gasteiger partial charge is 0.123 e. The summed E-state index contributed by atoms with van der Waals surface area (Å²) in [6.07, 6.45) is 7.51. The number of rotatable bonds is 5. The molecule has 2 heteroatoms. The summed E-state index contributed by atoms with van der Waals surface area (Å²) >= 11 is 0. The maximum atomic E-state index is 11.0. The van der Waals surface area contributed by atoms with Gasteiger partial charge in [-0.15, -0.1) is 0 Å². The van der Waals surface area contributed by atoms with Crippen molar-refractivity contribution in [2.75, 3.05) is 14.1 Å². The monoisotopic (exact) mass is 345 g/mol. The van der Waals surface area contributed by atoms with Gasteiger partial charge in [0.1, 0.15) is 5.75 Å². The third-order valence-corrected chi connectivity index (χ3v) is 5.50. The van der Waals surface area contributed by atoms with Crippen LogP contribution in [0.15, 0.2) is 12.1 Å². The van der Waals surface area contributed by atoms with Crippen LogP contribution < -0.4 is 0 Å². The highest BCUT2D eigenvalue weighted by atomic mass is 16.3. The highest BCUT2D eigenvalue weighted by Gasteiger charge is 2.30. The van der Waals surface area contributed by atoms with E-state index in [9.17, 15) is 5.11 Å². The molecule has 25 heavy (non-hydrogen) atoms. The van der Waals surface area contributed by atoms with Crippen LogP contribution in [0.2, 0.25) is 0 Å². The molecule has 142 valence electrons. The van der Waals surface area contributed by atoms with Crippen LogP contribution in [0.25, 0.3) is 0 Å². The van der Waals surface area contributed by atoms with E-state index in [2.05, 4.69) is 65.7 Å². The highest BCUT2D eigenvalue weighted by Crippen LogP contribution is 2.43. The summed E-state index contributed by atoms with van der Waals surface area (Å²) in [5.41, 5.74) is 4.07. The Balaban J connectivity index is 2.48. The standard InChI is InChI=1S/C23H39NO/c1-22(2,3)16-23(4,5)19-13-18(15-24(6)7)21(25)20(14-19)17-11-9-8-10-12-17/h13-14,17,25H,8-12,15-16H2,1-7H3. The van der Waals surface area contributed by atoms with Crippen LogP contribution in [0.5, 0.6) is 5.75 Å². The molecule has 1 aliphatic rings. The Morgan fingerprint density at radius 2 is 1.60 bits per heavy atom. The summed E-state index contributed by atoms with van der Waals surface area (Å²) in [5.74, 6) is 1.08. The number of nitrogens with zero attached hydrogens (tertiary/aromatic N) is 1. The fourth-order valence-corrected chi connectivity index (χ4v) is 4.72. The summed E-state index contributed by atoms with van der Waals surface area (Å²) in [7, 11) is 4.15. The summed E-state index contributed by atoms with van der Waals surface area (Å²) in [4.78, 5) is 2.15. The van der Waals surface area contributed by atoms with Crippen molar-refractivity contribution in [1.29, 1.82) is 0 Å². The van der Waals surface area contributed by atoms with Crippen molar-refractivity contribution in [2.24, 2.45) is 5.41 Å². The van der Waals surface area contributed by atoms with E-state index in [1.807, 2.05) is 0 Å². The van der Waals surface area contributed by atoms with E-state index in [1.165, 1.54) is 43.2 Å². The van der Waals surface area contributed by atoms with E-state index in [1.54, 1.807) is 0 Å². The van der Waals surface area contributed by atoms with Gasteiger partial charge in [-0.1, -0.05) is 66.0 Å². The summed E-state index contributed by atoms with van der Waals surface area (Å²) in [6, 6.07) is 4.59. The van der Waals surface area contributed by atoms with Crippen LogP contribution in [-0.2, 0) is 12.0 Å². The van der Waals surface area contributed by atoms with E-state index in [-0.39, 0.29) is 10.8 Å². The Morgan fingerprint density at radius 3 is 2.12 bits per heavy atom. The van der Waals surface area contributed by atoms with Crippen molar-refractivity contribution in [3.8, 4) is 5.75 Å². The van der Waals surface area contributed by atoms with Gasteiger partial charge in [0.25, 0.3) is 0 Å². The molecule has 0 radical (unpaired) electrons. The third kappa shape index (κ3) is 5.48. The summed E-state index contributed by atoms with van der Waals surface area (Å²) in [5, 5.41) is 11.0. The molecular formula is C23H39NO. The third-order valence-electron chi connectivity index (χ3n) is 5.50. The van der Waals surface area contributed by atoms with E-state index in [0.29, 0.717) is 11.7 Å². The van der Waals surface area contributed by atoms with Crippen LogP contribution in [0, 0.1) is 5.41 Å². The molecule has 0 amide bonds. The topological polar surface area (TPSA) is 23.5 Å². The first-order chi connectivity index (χ1) is 11.5. The molecule has 2 nitrogen and oxygen atoms in total. The molecular weight excluding hydrogens is 306 g/mol. The zero-order valence-electron chi connectivity index (χ0n) is 17.6. The first-order valence-electron chi connectivity index (χ1n) is 10.0. The molecule has 1 fully saturated rings. The lowest BCUT2D eigenvalue weighted by molar-refractivity contribution is 0.283. The number of hydrogen-bond acceptors (Lipinski definition) is 2. The summed E-state index contributed by atoms with van der Waals surface area (Å²) in [6.45, 7) is 12.5. The molecule has 0 aliphatic heterocycles. The van der Waals surface area contributed by atoms with Crippen molar-refractivity contribution >= 4 is 0 Å². The largest absolute Gasteiger partial charge is 0.507 e. The Labute approximate surface area is 155 Å². The SMILES string of the molecule is CN(C)Cc1cc(C(C)(C)CC(C)(C)C)cc(C2CCCCC2)c1O. The number of aromatic hydroxyl groups is 1. The van der Waals surface area contributed by atoms with Crippen molar-refractivity contribution in [3.63, 3.8) is 0 Å². The van der Waals surface area contributed by atoms with E-state index in [4.69, 9.17) is 0 Å². The van der Waals surface area contributed by atoms with Gasteiger partial charge in [0.15, 0.2) is 0 Å². The fourth-order valence-electron chi connectivity index (χ4n) is 4.72. The molecule has 1 saturated carbocycles. The average molecular weight is 346 g/mol. The minimum atomic E-state index is 0.108. The first-order valence-corrected chi connectivity index (χ1v) is 10.0. The molecule has 1 N–H and O–H groups in total. The van der Waals surface area contributed by atoms with Gasteiger partial charge in [-0.3, -0.25) is 0 Å². The van der Waals surface area contributed by atoms with Gasteiger partial charge in [0, 0.05) is 12.1 Å². The molecule has 0 saturated heterocycles. The van der Waals surface area contributed by atoms with E-state index < -0.39 is 0 Å². The Bertz CT molecular complexity index is 574. The van der Waals surface area contributed by atoms with Crippen molar-refractivity contribution < 1.29 is 5.11 Å².